The molecule has 0 unspecified atom stereocenters. The van der Waals surface area contributed by atoms with Crippen molar-refractivity contribution in [3.05, 3.63) is 134 Å². The van der Waals surface area contributed by atoms with Crippen molar-refractivity contribution in [2.45, 2.75) is 98.8 Å². The first kappa shape index (κ1) is 36.9. The first-order valence-corrected chi connectivity index (χ1v) is 19.3. The zero-order chi connectivity index (χ0) is 37.0. The molecule has 0 atom stereocenters. The van der Waals surface area contributed by atoms with Gasteiger partial charge in [-0.3, -0.25) is 4.57 Å². The molecule has 1 heterocycles. The van der Waals surface area contributed by atoms with Crippen molar-refractivity contribution in [1.29, 1.82) is 0 Å². The molecule has 51 heavy (non-hydrogen) atoms. The van der Waals surface area contributed by atoms with Crippen LogP contribution in [0, 0.1) is 6.92 Å². The number of imidazole rings is 1. The number of hydrogen-bond acceptors (Lipinski definition) is 2. The van der Waals surface area contributed by atoms with Crippen LogP contribution in [0.5, 0.6) is 0 Å². The minimum atomic E-state index is -0.0159. The summed E-state index contributed by atoms with van der Waals surface area (Å²) in [6, 6.07) is 35.2. The third kappa shape index (κ3) is 7.28. The van der Waals surface area contributed by atoms with E-state index in [0.717, 1.165) is 44.1 Å². The van der Waals surface area contributed by atoms with E-state index in [-0.39, 0.29) is 10.8 Å². The van der Waals surface area contributed by atoms with Crippen molar-refractivity contribution in [1.82, 2.24) is 9.55 Å². The average molecular weight is 761 g/mol. The van der Waals surface area contributed by atoms with E-state index in [1.165, 1.54) is 33.4 Å². The van der Waals surface area contributed by atoms with Gasteiger partial charge in [0.25, 0.3) is 0 Å². The number of anilines is 3. The number of rotatable bonds is 7. The Morgan fingerprint density at radius 1 is 0.686 bits per heavy atom. The standard InChI is InChI=1S/C46H51BrClN3/c1-28(2)36-13-12-14-37(29(3)4)42(36)44-49-38-25-32(46(9,10)11)19-24-39(38)51(44)41-27-33(48)26-40(43(41)47)50(34-20-15-30(5)16-21-34)35-22-17-31(18-23-35)45(6,7)8/h12-29H,1-11H3. The third-order valence-corrected chi connectivity index (χ3v) is 10.9. The van der Waals surface area contributed by atoms with E-state index in [9.17, 15) is 0 Å². The van der Waals surface area contributed by atoms with Gasteiger partial charge in [-0.05, 0) is 116 Å². The maximum atomic E-state index is 7.18. The molecule has 0 fully saturated rings. The molecule has 0 bridgehead atoms. The molecule has 0 aliphatic rings. The molecule has 5 aromatic carbocycles. The van der Waals surface area contributed by atoms with Gasteiger partial charge >= 0.3 is 0 Å². The predicted octanol–water partition coefficient (Wildman–Crippen LogP) is 14.7. The fourth-order valence-corrected chi connectivity index (χ4v) is 7.68. The second-order valence-corrected chi connectivity index (χ2v) is 17.8. The quantitative estimate of drug-likeness (QED) is 0.162. The fraction of sp³-hybridized carbons (Fsp3) is 0.326. The summed E-state index contributed by atoms with van der Waals surface area (Å²) in [6.07, 6.45) is 0. The van der Waals surface area contributed by atoms with Crippen LogP contribution in [0.25, 0.3) is 28.1 Å². The van der Waals surface area contributed by atoms with E-state index in [1.54, 1.807) is 0 Å². The van der Waals surface area contributed by atoms with Gasteiger partial charge in [-0.15, -0.1) is 0 Å². The molecule has 264 valence electrons. The molecule has 0 saturated heterocycles. The van der Waals surface area contributed by atoms with Gasteiger partial charge in [0.1, 0.15) is 5.82 Å². The topological polar surface area (TPSA) is 21.1 Å². The second kappa shape index (κ2) is 13.9. The van der Waals surface area contributed by atoms with Crippen LogP contribution in [0.2, 0.25) is 5.02 Å². The Kier molecular flexibility index (Phi) is 10.1. The Hall–Kier alpha value is -3.86. The maximum Gasteiger partial charge on any atom is 0.146 e. The lowest BCUT2D eigenvalue weighted by Crippen LogP contribution is -2.14. The number of hydrogen-bond donors (Lipinski definition) is 0. The van der Waals surface area contributed by atoms with Gasteiger partial charge in [0, 0.05) is 22.0 Å². The molecule has 6 rings (SSSR count). The van der Waals surface area contributed by atoms with Gasteiger partial charge < -0.3 is 4.90 Å². The summed E-state index contributed by atoms with van der Waals surface area (Å²) < 4.78 is 3.26. The zero-order valence-corrected chi connectivity index (χ0v) is 34.3. The van der Waals surface area contributed by atoms with Crippen LogP contribution in [0.15, 0.2) is 102 Å². The van der Waals surface area contributed by atoms with Crippen molar-refractivity contribution >= 4 is 55.6 Å². The van der Waals surface area contributed by atoms with Gasteiger partial charge in [0.2, 0.25) is 0 Å². The largest absolute Gasteiger partial charge is 0.309 e. The number of nitrogens with zero attached hydrogens (tertiary/aromatic N) is 3. The number of halogens is 2. The molecule has 1 aromatic heterocycles. The minimum Gasteiger partial charge on any atom is -0.309 e. The number of benzene rings is 5. The van der Waals surface area contributed by atoms with Crippen molar-refractivity contribution in [2.24, 2.45) is 0 Å². The highest BCUT2D eigenvalue weighted by atomic mass is 79.9. The number of aryl methyl sites for hydroxylation is 1. The summed E-state index contributed by atoms with van der Waals surface area (Å²) in [5.74, 6) is 1.54. The molecule has 0 spiro atoms. The Morgan fingerprint density at radius 2 is 1.22 bits per heavy atom. The van der Waals surface area contributed by atoms with Crippen LogP contribution in [0.1, 0.15) is 109 Å². The average Bonchev–Trinajstić information content (AvgIpc) is 3.44. The lowest BCUT2D eigenvalue weighted by molar-refractivity contribution is 0.590. The lowest BCUT2D eigenvalue weighted by Gasteiger charge is -2.29. The van der Waals surface area contributed by atoms with Crippen LogP contribution in [0.4, 0.5) is 17.1 Å². The lowest BCUT2D eigenvalue weighted by atomic mass is 9.87. The highest BCUT2D eigenvalue weighted by Crippen LogP contribution is 2.46. The Labute approximate surface area is 318 Å². The summed E-state index contributed by atoms with van der Waals surface area (Å²) in [5.41, 5.74) is 13.5. The molecule has 3 nitrogen and oxygen atoms in total. The van der Waals surface area contributed by atoms with Crippen LogP contribution < -0.4 is 4.90 Å². The second-order valence-electron chi connectivity index (χ2n) is 16.6. The molecular weight excluding hydrogens is 710 g/mol. The SMILES string of the molecule is Cc1ccc(N(c2ccc(C(C)(C)C)cc2)c2cc(Cl)cc(-n3c(-c4c(C(C)C)cccc4C(C)C)nc4cc(C(C)(C)C)ccc43)c2Br)cc1. The summed E-state index contributed by atoms with van der Waals surface area (Å²) in [7, 11) is 0. The fourth-order valence-electron chi connectivity index (χ4n) is 6.89. The molecule has 5 heteroatoms. The van der Waals surface area contributed by atoms with Crippen LogP contribution in [-0.2, 0) is 10.8 Å². The Morgan fingerprint density at radius 3 is 1.75 bits per heavy atom. The number of aromatic nitrogens is 2. The number of fused-ring (bicyclic) bond motifs is 1. The van der Waals surface area contributed by atoms with E-state index in [1.807, 2.05) is 0 Å². The smallest absolute Gasteiger partial charge is 0.146 e. The Balaban J connectivity index is 1.69. The molecule has 0 amide bonds. The van der Waals surface area contributed by atoms with E-state index < -0.39 is 0 Å². The zero-order valence-electron chi connectivity index (χ0n) is 32.0. The van der Waals surface area contributed by atoms with Crippen molar-refractivity contribution in [3.8, 4) is 17.1 Å². The molecule has 6 aromatic rings. The van der Waals surface area contributed by atoms with Crippen molar-refractivity contribution in [3.63, 3.8) is 0 Å². The molecule has 0 saturated carbocycles. The predicted molar refractivity (Wildman–Crippen MR) is 224 cm³/mol. The minimum absolute atomic E-state index is 0.0159. The van der Waals surface area contributed by atoms with E-state index >= 15 is 0 Å². The van der Waals surface area contributed by atoms with Crippen LogP contribution in [0.3, 0.4) is 0 Å². The van der Waals surface area contributed by atoms with E-state index in [2.05, 4.69) is 199 Å². The molecule has 0 N–H and O–H groups in total. The van der Waals surface area contributed by atoms with Crippen LogP contribution >= 0.6 is 27.5 Å². The molecule has 0 aliphatic heterocycles. The summed E-state index contributed by atoms with van der Waals surface area (Å²) in [5, 5.41) is 0.645. The summed E-state index contributed by atoms with van der Waals surface area (Å²) >= 11 is 11.4. The van der Waals surface area contributed by atoms with Gasteiger partial charge in [-0.1, -0.05) is 135 Å². The van der Waals surface area contributed by atoms with Crippen LogP contribution in [-0.4, -0.2) is 9.55 Å². The highest BCUT2D eigenvalue weighted by molar-refractivity contribution is 9.10. The first-order valence-electron chi connectivity index (χ1n) is 18.1. The highest BCUT2D eigenvalue weighted by Gasteiger charge is 2.27. The van der Waals surface area contributed by atoms with Gasteiger partial charge in [-0.25, -0.2) is 4.98 Å². The third-order valence-electron chi connectivity index (χ3n) is 9.88. The first-order chi connectivity index (χ1) is 24.0. The summed E-state index contributed by atoms with van der Waals surface area (Å²) in [6.45, 7) is 24.7. The van der Waals surface area contributed by atoms with Gasteiger partial charge in [-0.2, -0.15) is 0 Å². The van der Waals surface area contributed by atoms with Gasteiger partial charge in [0.15, 0.2) is 0 Å². The molecule has 0 aliphatic carbocycles. The Bertz CT molecular complexity index is 2170. The van der Waals surface area contributed by atoms with Crippen molar-refractivity contribution < 1.29 is 0 Å². The van der Waals surface area contributed by atoms with E-state index in [0.29, 0.717) is 16.9 Å². The van der Waals surface area contributed by atoms with Gasteiger partial charge in [0.05, 0.1) is 26.9 Å². The summed E-state index contributed by atoms with van der Waals surface area (Å²) in [4.78, 5) is 7.80. The molecular formula is C46H51BrClN3. The molecule has 0 radical (unpaired) electrons. The maximum absolute atomic E-state index is 7.18. The van der Waals surface area contributed by atoms with Crippen molar-refractivity contribution in [2.75, 3.05) is 4.90 Å². The van der Waals surface area contributed by atoms with E-state index in [4.69, 9.17) is 16.6 Å². The normalized spacial score (nSPS) is 12.4. The monoisotopic (exact) mass is 759 g/mol.